The third-order valence-corrected chi connectivity index (χ3v) is 3.47. The first kappa shape index (κ1) is 16.9. The fraction of sp³-hybridized carbons (Fsp3) is 0.857. The Labute approximate surface area is 121 Å². The van der Waals surface area contributed by atoms with Crippen molar-refractivity contribution in [3.05, 3.63) is 0 Å². The first-order valence-electron chi connectivity index (χ1n) is 7.37. The van der Waals surface area contributed by atoms with Crippen molar-refractivity contribution in [2.75, 3.05) is 40.3 Å². The van der Waals surface area contributed by atoms with E-state index in [-0.39, 0.29) is 11.9 Å². The van der Waals surface area contributed by atoms with Gasteiger partial charge in [0.25, 0.3) is 0 Å². The molecule has 1 saturated heterocycles. The van der Waals surface area contributed by atoms with E-state index in [4.69, 9.17) is 0 Å². The molecule has 0 spiro atoms. The Morgan fingerprint density at radius 3 is 2.85 bits per heavy atom. The topological polar surface area (TPSA) is 70.7 Å². The largest absolute Gasteiger partial charge is 0.469 e. The van der Waals surface area contributed by atoms with E-state index >= 15 is 0 Å². The molecule has 2 N–H and O–H groups in total. The molecule has 1 amide bonds. The highest BCUT2D eigenvalue weighted by molar-refractivity contribution is 5.78. The van der Waals surface area contributed by atoms with Crippen molar-refractivity contribution >= 4 is 11.9 Å². The Hall–Kier alpha value is -1.14. The molecule has 0 aromatic carbocycles. The number of carbonyl (C=O) groups excluding carboxylic acids is 2. The molecule has 1 fully saturated rings. The zero-order valence-corrected chi connectivity index (χ0v) is 12.6. The number of piperidine rings is 1. The number of nitrogens with zero attached hydrogens (tertiary/aromatic N) is 1. The van der Waals surface area contributed by atoms with Gasteiger partial charge in [0.05, 0.1) is 13.7 Å². The van der Waals surface area contributed by atoms with E-state index < -0.39 is 0 Å². The third-order valence-electron chi connectivity index (χ3n) is 3.47. The lowest BCUT2D eigenvalue weighted by Crippen LogP contribution is -2.45. The summed E-state index contributed by atoms with van der Waals surface area (Å²) in [6.07, 6.45) is 4.67. The number of ether oxygens (including phenoxy) is 1. The van der Waals surface area contributed by atoms with Crippen LogP contribution < -0.4 is 10.6 Å². The predicted octanol–water partition coefficient (Wildman–Crippen LogP) is 0.130. The van der Waals surface area contributed by atoms with Gasteiger partial charge in [-0.3, -0.25) is 14.5 Å². The molecule has 1 atom stereocenters. The van der Waals surface area contributed by atoms with Crippen LogP contribution in [-0.4, -0.2) is 63.2 Å². The first-order valence-corrected chi connectivity index (χ1v) is 7.37. The predicted molar refractivity (Wildman–Crippen MR) is 77.4 cm³/mol. The molecule has 20 heavy (non-hydrogen) atoms. The lowest BCUT2D eigenvalue weighted by Gasteiger charge is -2.27. The molecule has 0 saturated carbocycles. The van der Waals surface area contributed by atoms with Crippen molar-refractivity contribution in [2.24, 2.45) is 0 Å². The lowest BCUT2D eigenvalue weighted by atomic mass is 10.0. The number of carbonyl (C=O) groups is 2. The molecule has 1 heterocycles. The summed E-state index contributed by atoms with van der Waals surface area (Å²) in [5, 5.41) is 6.29. The number of hydrogen-bond acceptors (Lipinski definition) is 5. The number of rotatable bonds is 8. The van der Waals surface area contributed by atoms with Gasteiger partial charge in [-0.15, -0.1) is 0 Å². The van der Waals surface area contributed by atoms with E-state index in [1.54, 1.807) is 0 Å². The molecule has 6 nitrogen and oxygen atoms in total. The van der Waals surface area contributed by atoms with Crippen LogP contribution in [0.3, 0.4) is 0 Å². The zero-order valence-electron chi connectivity index (χ0n) is 12.6. The van der Waals surface area contributed by atoms with E-state index in [0.29, 0.717) is 32.0 Å². The molecule has 0 bridgehead atoms. The summed E-state index contributed by atoms with van der Waals surface area (Å²) in [7, 11) is 3.33. The summed E-state index contributed by atoms with van der Waals surface area (Å²) in [5.41, 5.74) is 0. The number of methoxy groups -OCH3 is 1. The van der Waals surface area contributed by atoms with Crippen LogP contribution in [0, 0.1) is 0 Å². The number of nitrogens with one attached hydrogen (secondary N) is 2. The summed E-state index contributed by atoms with van der Waals surface area (Å²) in [5.74, 6) is -0.229. The smallest absolute Gasteiger partial charge is 0.305 e. The van der Waals surface area contributed by atoms with Gasteiger partial charge in [-0.2, -0.15) is 0 Å². The monoisotopic (exact) mass is 285 g/mol. The van der Waals surface area contributed by atoms with Gasteiger partial charge in [0, 0.05) is 25.6 Å². The van der Waals surface area contributed by atoms with Crippen LogP contribution in [0.25, 0.3) is 0 Å². The maximum absolute atomic E-state index is 11.7. The van der Waals surface area contributed by atoms with Crippen molar-refractivity contribution in [2.45, 2.75) is 38.1 Å². The van der Waals surface area contributed by atoms with Crippen LogP contribution in [0.4, 0.5) is 0 Å². The van der Waals surface area contributed by atoms with E-state index in [1.807, 2.05) is 11.9 Å². The second kappa shape index (κ2) is 9.72. The Balaban J connectivity index is 2.06. The quantitative estimate of drug-likeness (QED) is 0.490. The molecular weight excluding hydrogens is 258 g/mol. The first-order chi connectivity index (χ1) is 9.61. The van der Waals surface area contributed by atoms with Gasteiger partial charge in [0.15, 0.2) is 0 Å². The summed E-state index contributed by atoms with van der Waals surface area (Å²) in [6, 6.07) is 0.501. The number of amides is 1. The average molecular weight is 285 g/mol. The highest BCUT2D eigenvalue weighted by Crippen LogP contribution is 2.07. The highest BCUT2D eigenvalue weighted by atomic mass is 16.5. The van der Waals surface area contributed by atoms with E-state index in [1.165, 1.54) is 26.4 Å². The summed E-state index contributed by atoms with van der Waals surface area (Å²) >= 11 is 0. The third kappa shape index (κ3) is 7.45. The zero-order chi connectivity index (χ0) is 14.8. The number of likely N-dealkylation sites (N-methyl/N-ethyl adjacent to an activating group) is 1. The van der Waals surface area contributed by atoms with Gasteiger partial charge in [0.1, 0.15) is 0 Å². The van der Waals surface area contributed by atoms with Gasteiger partial charge in [0.2, 0.25) is 5.91 Å². The van der Waals surface area contributed by atoms with Crippen molar-refractivity contribution < 1.29 is 14.3 Å². The van der Waals surface area contributed by atoms with Crippen LogP contribution in [0.5, 0.6) is 0 Å². The van der Waals surface area contributed by atoms with Gasteiger partial charge >= 0.3 is 5.97 Å². The molecule has 0 aromatic heterocycles. The number of esters is 1. The Bertz CT molecular complexity index is 304. The summed E-state index contributed by atoms with van der Waals surface area (Å²) < 4.78 is 4.54. The Kier molecular flexibility index (Phi) is 8.22. The minimum absolute atomic E-state index is 0.00757. The number of hydrogen-bond donors (Lipinski definition) is 2. The van der Waals surface area contributed by atoms with E-state index in [0.717, 1.165) is 13.1 Å². The molecule has 1 aliphatic heterocycles. The maximum Gasteiger partial charge on any atom is 0.305 e. The van der Waals surface area contributed by atoms with Gasteiger partial charge in [-0.05, 0) is 32.9 Å². The highest BCUT2D eigenvalue weighted by Gasteiger charge is 2.15. The molecule has 0 aromatic rings. The minimum Gasteiger partial charge on any atom is -0.469 e. The molecule has 0 radical (unpaired) electrons. The van der Waals surface area contributed by atoms with Crippen molar-refractivity contribution in [3.8, 4) is 0 Å². The second-order valence-corrected chi connectivity index (χ2v) is 5.37. The molecule has 0 aliphatic carbocycles. The van der Waals surface area contributed by atoms with Crippen molar-refractivity contribution in [1.29, 1.82) is 0 Å². The molecule has 1 rings (SSSR count). The normalized spacial score (nSPS) is 18.9. The van der Waals surface area contributed by atoms with E-state index in [9.17, 15) is 9.59 Å². The van der Waals surface area contributed by atoms with Gasteiger partial charge in [-0.25, -0.2) is 0 Å². The van der Waals surface area contributed by atoms with Crippen LogP contribution in [0.1, 0.15) is 32.1 Å². The van der Waals surface area contributed by atoms with Gasteiger partial charge in [-0.1, -0.05) is 6.42 Å². The van der Waals surface area contributed by atoms with Crippen LogP contribution >= 0.6 is 0 Å². The molecule has 1 aliphatic rings. The van der Waals surface area contributed by atoms with Crippen molar-refractivity contribution in [3.63, 3.8) is 0 Å². The molecule has 116 valence electrons. The van der Waals surface area contributed by atoms with Crippen LogP contribution in [0.15, 0.2) is 0 Å². The van der Waals surface area contributed by atoms with Gasteiger partial charge < -0.3 is 15.4 Å². The fourth-order valence-electron chi connectivity index (χ4n) is 2.38. The Morgan fingerprint density at radius 2 is 2.20 bits per heavy atom. The van der Waals surface area contributed by atoms with Crippen LogP contribution in [0.2, 0.25) is 0 Å². The fourth-order valence-corrected chi connectivity index (χ4v) is 2.38. The SMILES string of the molecule is COC(=O)CCCNC(=O)CN(C)CC1CCCCN1. The van der Waals surface area contributed by atoms with Crippen LogP contribution in [-0.2, 0) is 14.3 Å². The van der Waals surface area contributed by atoms with E-state index in [2.05, 4.69) is 15.4 Å². The molecular formula is C14H27N3O3. The lowest BCUT2D eigenvalue weighted by molar-refractivity contribution is -0.140. The Morgan fingerprint density at radius 1 is 1.40 bits per heavy atom. The molecule has 1 unspecified atom stereocenters. The summed E-state index contributed by atoms with van der Waals surface area (Å²) in [4.78, 5) is 24.7. The maximum atomic E-state index is 11.7. The van der Waals surface area contributed by atoms with Crippen molar-refractivity contribution in [1.82, 2.24) is 15.5 Å². The minimum atomic E-state index is -0.236. The standard InChI is InChI=1S/C14H27N3O3/c1-17(10-12-6-3-4-8-15-12)11-13(18)16-9-5-7-14(19)20-2/h12,15H,3-11H2,1-2H3,(H,16,18). The second-order valence-electron chi connectivity index (χ2n) is 5.37. The average Bonchev–Trinajstić information content (AvgIpc) is 2.44. The summed E-state index contributed by atoms with van der Waals surface area (Å²) in [6.45, 7) is 2.90. The molecule has 6 heteroatoms.